The van der Waals surface area contributed by atoms with Crippen molar-refractivity contribution in [3.8, 4) is 0 Å². The molecule has 19 heavy (non-hydrogen) atoms. The van der Waals surface area contributed by atoms with Crippen LogP contribution in [0.2, 0.25) is 0 Å². The van der Waals surface area contributed by atoms with Gasteiger partial charge in [-0.25, -0.2) is 4.98 Å². The number of thioether (sulfide) groups is 1. The van der Waals surface area contributed by atoms with Gasteiger partial charge in [-0.3, -0.25) is 0 Å². The highest BCUT2D eigenvalue weighted by atomic mass is 32.2. The lowest BCUT2D eigenvalue weighted by molar-refractivity contribution is 0.393. The van der Waals surface area contributed by atoms with Crippen molar-refractivity contribution in [2.45, 2.75) is 25.4 Å². The first kappa shape index (κ1) is 12.3. The van der Waals surface area contributed by atoms with Gasteiger partial charge in [-0.05, 0) is 25.5 Å². The van der Waals surface area contributed by atoms with Crippen LogP contribution in [-0.4, -0.2) is 14.5 Å². The first-order chi connectivity index (χ1) is 9.22. The summed E-state index contributed by atoms with van der Waals surface area (Å²) in [6.07, 6.45) is 4.12. The Morgan fingerprint density at radius 3 is 2.84 bits per heavy atom. The highest BCUT2D eigenvalue weighted by molar-refractivity contribution is 7.97. The number of rotatable bonds is 4. The average Bonchev–Trinajstić information content (AvgIpc) is 2.97. The molecule has 0 unspecified atom stereocenters. The smallest absolute Gasteiger partial charge is 0.139 e. The van der Waals surface area contributed by atoms with Crippen molar-refractivity contribution in [1.29, 1.82) is 0 Å². The second-order valence-electron chi connectivity index (χ2n) is 4.58. The molecule has 0 bridgehead atoms. The summed E-state index contributed by atoms with van der Waals surface area (Å²) in [5, 5.41) is 3.98. The lowest BCUT2D eigenvalue weighted by atomic mass is 10.3. The Bertz CT molecular complexity index is 702. The van der Waals surface area contributed by atoms with Gasteiger partial charge in [0, 0.05) is 30.0 Å². The number of aryl methyl sites for hydroxylation is 2. The summed E-state index contributed by atoms with van der Waals surface area (Å²) in [4.78, 5) is 4.65. The summed E-state index contributed by atoms with van der Waals surface area (Å²) in [5.41, 5.74) is 4.32. The highest BCUT2D eigenvalue weighted by Gasteiger charge is 2.05. The Hall–Kier alpha value is -1.75. The summed E-state index contributed by atoms with van der Waals surface area (Å²) in [6, 6.07) is 6.09. The minimum Gasteiger partial charge on any atom is -0.361 e. The van der Waals surface area contributed by atoms with Gasteiger partial charge in [0.15, 0.2) is 0 Å². The SMILES string of the molecule is Cc1cc(CSCc2cn3cccc(C)c3n2)no1. The maximum atomic E-state index is 5.05. The first-order valence-corrected chi connectivity index (χ1v) is 7.31. The quantitative estimate of drug-likeness (QED) is 0.731. The average molecular weight is 273 g/mol. The van der Waals surface area contributed by atoms with E-state index < -0.39 is 0 Å². The summed E-state index contributed by atoms with van der Waals surface area (Å²) in [7, 11) is 0. The fraction of sp³-hybridized carbons (Fsp3) is 0.286. The lowest BCUT2D eigenvalue weighted by Gasteiger charge is -1.94. The Balaban J connectivity index is 1.67. The third kappa shape index (κ3) is 2.66. The molecule has 3 aromatic heterocycles. The van der Waals surface area contributed by atoms with Gasteiger partial charge in [-0.15, -0.1) is 11.8 Å². The molecule has 0 aliphatic heterocycles. The van der Waals surface area contributed by atoms with Crippen LogP contribution >= 0.6 is 11.8 Å². The molecule has 0 radical (unpaired) electrons. The molecule has 0 aromatic carbocycles. The van der Waals surface area contributed by atoms with Gasteiger partial charge < -0.3 is 8.92 Å². The van der Waals surface area contributed by atoms with Crippen molar-refractivity contribution in [2.24, 2.45) is 0 Å². The highest BCUT2D eigenvalue weighted by Crippen LogP contribution is 2.18. The van der Waals surface area contributed by atoms with Crippen LogP contribution in [0.4, 0.5) is 0 Å². The molecule has 0 saturated heterocycles. The van der Waals surface area contributed by atoms with E-state index in [1.165, 1.54) is 5.56 Å². The van der Waals surface area contributed by atoms with Gasteiger partial charge in [-0.1, -0.05) is 11.2 Å². The molecule has 0 spiro atoms. The second kappa shape index (κ2) is 5.09. The molecular formula is C14H15N3OS. The lowest BCUT2D eigenvalue weighted by Crippen LogP contribution is -1.84. The summed E-state index contributed by atoms with van der Waals surface area (Å²) < 4.78 is 7.12. The minimum absolute atomic E-state index is 0.851. The Labute approximate surface area is 115 Å². The Morgan fingerprint density at radius 1 is 1.26 bits per heavy atom. The molecule has 3 rings (SSSR count). The van der Waals surface area contributed by atoms with Crippen LogP contribution in [0, 0.1) is 13.8 Å². The fourth-order valence-electron chi connectivity index (χ4n) is 2.02. The molecule has 0 N–H and O–H groups in total. The third-order valence-electron chi connectivity index (χ3n) is 2.90. The summed E-state index contributed by atoms with van der Waals surface area (Å²) >= 11 is 1.80. The van der Waals surface area contributed by atoms with E-state index in [4.69, 9.17) is 4.52 Å². The van der Waals surface area contributed by atoms with Gasteiger partial charge in [0.2, 0.25) is 0 Å². The maximum absolute atomic E-state index is 5.05. The normalized spacial score (nSPS) is 11.3. The van der Waals surface area contributed by atoms with E-state index in [2.05, 4.69) is 33.7 Å². The van der Waals surface area contributed by atoms with Crippen molar-refractivity contribution in [2.75, 3.05) is 0 Å². The van der Waals surface area contributed by atoms with E-state index in [-0.39, 0.29) is 0 Å². The molecule has 4 nitrogen and oxygen atoms in total. The fourth-order valence-corrected chi connectivity index (χ4v) is 2.82. The summed E-state index contributed by atoms with van der Waals surface area (Å²) in [5.74, 6) is 2.59. The number of nitrogens with zero attached hydrogens (tertiary/aromatic N) is 3. The van der Waals surface area contributed by atoms with E-state index in [1.807, 2.05) is 25.3 Å². The monoisotopic (exact) mass is 273 g/mol. The number of aromatic nitrogens is 3. The maximum Gasteiger partial charge on any atom is 0.139 e. The van der Waals surface area contributed by atoms with Crippen LogP contribution in [0.15, 0.2) is 35.1 Å². The van der Waals surface area contributed by atoms with E-state index in [0.717, 1.165) is 34.3 Å². The predicted octanol–water partition coefficient (Wildman–Crippen LogP) is 3.37. The van der Waals surface area contributed by atoms with Crippen molar-refractivity contribution in [1.82, 2.24) is 14.5 Å². The summed E-state index contributed by atoms with van der Waals surface area (Å²) in [6.45, 7) is 3.99. The zero-order valence-electron chi connectivity index (χ0n) is 11.0. The number of hydrogen-bond acceptors (Lipinski definition) is 4. The molecule has 0 saturated carbocycles. The van der Waals surface area contributed by atoms with E-state index >= 15 is 0 Å². The van der Waals surface area contributed by atoms with E-state index in [9.17, 15) is 0 Å². The first-order valence-electron chi connectivity index (χ1n) is 6.15. The number of pyridine rings is 1. The van der Waals surface area contributed by atoms with Crippen LogP contribution in [-0.2, 0) is 11.5 Å². The van der Waals surface area contributed by atoms with Crippen molar-refractivity contribution in [3.63, 3.8) is 0 Å². The third-order valence-corrected chi connectivity index (χ3v) is 3.90. The van der Waals surface area contributed by atoms with Gasteiger partial charge in [0.25, 0.3) is 0 Å². The Morgan fingerprint density at radius 2 is 2.11 bits per heavy atom. The standard InChI is InChI=1S/C14H15N3OS/c1-10-4-3-5-17-7-13(15-14(10)17)9-19-8-12-6-11(2)18-16-12/h3-7H,8-9H2,1-2H3. The van der Waals surface area contributed by atoms with E-state index in [1.54, 1.807) is 11.8 Å². The van der Waals surface area contributed by atoms with Crippen LogP contribution in [0.1, 0.15) is 22.7 Å². The minimum atomic E-state index is 0.851. The predicted molar refractivity (Wildman–Crippen MR) is 76.2 cm³/mol. The van der Waals surface area contributed by atoms with Crippen LogP contribution in [0.3, 0.4) is 0 Å². The molecular weight excluding hydrogens is 258 g/mol. The van der Waals surface area contributed by atoms with Crippen molar-refractivity contribution < 1.29 is 4.52 Å². The van der Waals surface area contributed by atoms with Crippen LogP contribution < -0.4 is 0 Å². The van der Waals surface area contributed by atoms with Gasteiger partial charge in [0.05, 0.1) is 11.4 Å². The van der Waals surface area contributed by atoms with Crippen molar-refractivity contribution in [3.05, 3.63) is 53.3 Å². The van der Waals surface area contributed by atoms with Crippen LogP contribution in [0.25, 0.3) is 5.65 Å². The molecule has 0 amide bonds. The Kier molecular flexibility index (Phi) is 3.29. The number of hydrogen-bond donors (Lipinski definition) is 0. The van der Waals surface area contributed by atoms with Gasteiger partial charge in [-0.2, -0.15) is 0 Å². The molecule has 3 heterocycles. The molecule has 0 aliphatic rings. The second-order valence-corrected chi connectivity index (χ2v) is 5.56. The molecule has 5 heteroatoms. The zero-order valence-corrected chi connectivity index (χ0v) is 11.8. The topological polar surface area (TPSA) is 43.3 Å². The largest absolute Gasteiger partial charge is 0.361 e. The molecule has 0 aliphatic carbocycles. The molecule has 98 valence electrons. The van der Waals surface area contributed by atoms with Gasteiger partial charge >= 0.3 is 0 Å². The van der Waals surface area contributed by atoms with E-state index in [0.29, 0.717) is 0 Å². The van der Waals surface area contributed by atoms with Gasteiger partial charge in [0.1, 0.15) is 11.4 Å². The number of imidazole rings is 1. The van der Waals surface area contributed by atoms with Crippen molar-refractivity contribution >= 4 is 17.4 Å². The molecule has 0 atom stereocenters. The molecule has 0 fully saturated rings. The molecule has 3 aromatic rings. The van der Waals surface area contributed by atoms with Crippen LogP contribution in [0.5, 0.6) is 0 Å². The zero-order chi connectivity index (χ0) is 13.2. The number of fused-ring (bicyclic) bond motifs is 1.